The SMILES string of the molecule is Cc1cc(Cl)ccc1OC(=O)NC1CCNCC1. The van der Waals surface area contributed by atoms with Gasteiger partial charge >= 0.3 is 6.09 Å². The first-order valence-electron chi connectivity index (χ1n) is 6.10. The van der Waals surface area contributed by atoms with E-state index in [4.69, 9.17) is 16.3 Å². The van der Waals surface area contributed by atoms with Crippen molar-refractivity contribution in [1.29, 1.82) is 0 Å². The summed E-state index contributed by atoms with van der Waals surface area (Å²) >= 11 is 5.85. The lowest BCUT2D eigenvalue weighted by Crippen LogP contribution is -2.43. The number of carbonyl (C=O) groups is 1. The molecule has 0 bridgehead atoms. The minimum absolute atomic E-state index is 0.200. The van der Waals surface area contributed by atoms with Gasteiger partial charge in [-0.05, 0) is 56.6 Å². The predicted molar refractivity (Wildman–Crippen MR) is 71.2 cm³/mol. The van der Waals surface area contributed by atoms with E-state index in [0.717, 1.165) is 31.5 Å². The summed E-state index contributed by atoms with van der Waals surface area (Å²) < 4.78 is 5.27. The van der Waals surface area contributed by atoms with Gasteiger partial charge in [0, 0.05) is 11.1 Å². The lowest BCUT2D eigenvalue weighted by molar-refractivity contribution is 0.192. The third kappa shape index (κ3) is 3.62. The van der Waals surface area contributed by atoms with Crippen LogP contribution in [0.1, 0.15) is 18.4 Å². The van der Waals surface area contributed by atoms with Gasteiger partial charge in [0.05, 0.1) is 0 Å². The van der Waals surface area contributed by atoms with Crippen molar-refractivity contribution in [2.24, 2.45) is 0 Å². The molecular formula is C13H17ClN2O2. The van der Waals surface area contributed by atoms with Crippen molar-refractivity contribution in [3.8, 4) is 5.75 Å². The molecule has 4 nitrogen and oxygen atoms in total. The van der Waals surface area contributed by atoms with Crippen LogP contribution in [0.4, 0.5) is 4.79 Å². The van der Waals surface area contributed by atoms with E-state index in [0.29, 0.717) is 10.8 Å². The van der Waals surface area contributed by atoms with Gasteiger partial charge in [-0.15, -0.1) is 0 Å². The molecule has 1 fully saturated rings. The van der Waals surface area contributed by atoms with Gasteiger partial charge in [0.15, 0.2) is 0 Å². The molecule has 0 unspecified atom stereocenters. The summed E-state index contributed by atoms with van der Waals surface area (Å²) in [5.41, 5.74) is 0.850. The fourth-order valence-electron chi connectivity index (χ4n) is 1.99. The van der Waals surface area contributed by atoms with Gasteiger partial charge in [-0.2, -0.15) is 0 Å². The van der Waals surface area contributed by atoms with Gasteiger partial charge < -0.3 is 15.4 Å². The first-order valence-corrected chi connectivity index (χ1v) is 6.48. The molecule has 0 spiro atoms. The van der Waals surface area contributed by atoms with Crippen LogP contribution >= 0.6 is 11.6 Å². The molecule has 1 aromatic carbocycles. The Labute approximate surface area is 112 Å². The molecule has 1 heterocycles. The second-order valence-corrected chi connectivity index (χ2v) is 4.90. The van der Waals surface area contributed by atoms with E-state index < -0.39 is 6.09 Å². The van der Waals surface area contributed by atoms with E-state index >= 15 is 0 Å². The molecule has 2 N–H and O–H groups in total. The largest absolute Gasteiger partial charge is 0.412 e. The molecule has 1 aliphatic heterocycles. The topological polar surface area (TPSA) is 50.4 Å². The summed E-state index contributed by atoms with van der Waals surface area (Å²) in [5.74, 6) is 0.547. The van der Waals surface area contributed by atoms with E-state index in [-0.39, 0.29) is 6.04 Å². The van der Waals surface area contributed by atoms with Crippen molar-refractivity contribution in [1.82, 2.24) is 10.6 Å². The van der Waals surface area contributed by atoms with Crippen LogP contribution in [-0.2, 0) is 0 Å². The summed E-state index contributed by atoms with van der Waals surface area (Å²) in [6, 6.07) is 5.39. The number of nitrogens with one attached hydrogen (secondary N) is 2. The van der Waals surface area contributed by atoms with Crippen molar-refractivity contribution in [3.05, 3.63) is 28.8 Å². The number of hydrogen-bond acceptors (Lipinski definition) is 3. The Balaban J connectivity index is 1.90. The van der Waals surface area contributed by atoms with Gasteiger partial charge in [0.1, 0.15) is 5.75 Å². The zero-order valence-electron chi connectivity index (χ0n) is 10.3. The van der Waals surface area contributed by atoms with Gasteiger partial charge in [0.25, 0.3) is 0 Å². The van der Waals surface area contributed by atoms with E-state index in [9.17, 15) is 4.79 Å². The number of benzene rings is 1. The lowest BCUT2D eigenvalue weighted by atomic mass is 10.1. The summed E-state index contributed by atoms with van der Waals surface area (Å²) in [4.78, 5) is 11.7. The second kappa shape index (κ2) is 6.07. The van der Waals surface area contributed by atoms with Gasteiger partial charge in [-0.1, -0.05) is 11.6 Å². The third-order valence-electron chi connectivity index (χ3n) is 3.00. The molecule has 0 radical (unpaired) electrons. The molecule has 0 atom stereocenters. The Kier molecular flexibility index (Phi) is 4.44. The zero-order chi connectivity index (χ0) is 13.0. The van der Waals surface area contributed by atoms with Crippen LogP contribution in [0, 0.1) is 6.92 Å². The number of ether oxygens (including phenoxy) is 1. The minimum Gasteiger partial charge on any atom is -0.410 e. The number of hydrogen-bond donors (Lipinski definition) is 2. The third-order valence-corrected chi connectivity index (χ3v) is 3.24. The fourth-order valence-corrected chi connectivity index (χ4v) is 2.22. The molecule has 2 rings (SSSR count). The maximum Gasteiger partial charge on any atom is 0.412 e. The number of amides is 1. The van der Waals surface area contributed by atoms with E-state index in [1.807, 2.05) is 6.92 Å². The average molecular weight is 269 g/mol. The van der Waals surface area contributed by atoms with Crippen LogP contribution in [0.25, 0.3) is 0 Å². The van der Waals surface area contributed by atoms with Crippen LogP contribution in [-0.4, -0.2) is 25.2 Å². The molecule has 1 amide bonds. The number of aryl methyl sites for hydroxylation is 1. The molecule has 0 aliphatic carbocycles. The summed E-state index contributed by atoms with van der Waals surface area (Å²) in [6.45, 7) is 3.73. The van der Waals surface area contributed by atoms with E-state index in [1.54, 1.807) is 18.2 Å². The zero-order valence-corrected chi connectivity index (χ0v) is 11.1. The van der Waals surface area contributed by atoms with Gasteiger partial charge in [0.2, 0.25) is 0 Å². The molecule has 0 aromatic heterocycles. The van der Waals surface area contributed by atoms with Crippen LogP contribution < -0.4 is 15.4 Å². The van der Waals surface area contributed by atoms with Gasteiger partial charge in [-0.3, -0.25) is 0 Å². The van der Waals surface area contributed by atoms with Crippen molar-refractivity contribution in [2.45, 2.75) is 25.8 Å². The quantitative estimate of drug-likeness (QED) is 0.866. The maximum absolute atomic E-state index is 11.7. The van der Waals surface area contributed by atoms with E-state index in [2.05, 4.69) is 10.6 Å². The molecule has 1 aromatic rings. The standard InChI is InChI=1S/C13H17ClN2O2/c1-9-8-10(14)2-3-12(9)18-13(17)16-11-4-6-15-7-5-11/h2-3,8,11,15H,4-7H2,1H3,(H,16,17). The first kappa shape index (κ1) is 13.2. The Morgan fingerprint density at radius 2 is 2.17 bits per heavy atom. The summed E-state index contributed by atoms with van der Waals surface area (Å²) in [7, 11) is 0. The highest BCUT2D eigenvalue weighted by atomic mass is 35.5. The molecule has 1 saturated heterocycles. The normalized spacial score (nSPS) is 16.3. The number of rotatable bonds is 2. The van der Waals surface area contributed by atoms with Crippen molar-refractivity contribution < 1.29 is 9.53 Å². The van der Waals surface area contributed by atoms with Crippen molar-refractivity contribution >= 4 is 17.7 Å². The molecule has 18 heavy (non-hydrogen) atoms. The Bertz CT molecular complexity index is 431. The van der Waals surface area contributed by atoms with E-state index in [1.165, 1.54) is 0 Å². The molecular weight excluding hydrogens is 252 g/mol. The molecule has 98 valence electrons. The predicted octanol–water partition coefficient (Wildman–Crippen LogP) is 2.49. The maximum atomic E-state index is 11.7. The highest BCUT2D eigenvalue weighted by molar-refractivity contribution is 6.30. The minimum atomic E-state index is -0.396. The summed E-state index contributed by atoms with van der Waals surface area (Å²) in [5, 5.41) is 6.76. The highest BCUT2D eigenvalue weighted by Crippen LogP contribution is 2.21. The van der Waals surface area contributed by atoms with Gasteiger partial charge in [-0.25, -0.2) is 4.79 Å². The second-order valence-electron chi connectivity index (χ2n) is 4.47. The Morgan fingerprint density at radius 1 is 1.44 bits per heavy atom. The molecule has 1 aliphatic rings. The van der Waals surface area contributed by atoms with Crippen LogP contribution in [0.5, 0.6) is 5.75 Å². The first-order chi connectivity index (χ1) is 8.65. The summed E-state index contributed by atoms with van der Waals surface area (Å²) in [6.07, 6.45) is 1.48. The Hall–Kier alpha value is -1.26. The number of piperidine rings is 1. The van der Waals surface area contributed by atoms with Crippen molar-refractivity contribution in [2.75, 3.05) is 13.1 Å². The monoisotopic (exact) mass is 268 g/mol. The van der Waals surface area contributed by atoms with Crippen LogP contribution in [0.2, 0.25) is 5.02 Å². The Morgan fingerprint density at radius 3 is 2.83 bits per heavy atom. The highest BCUT2D eigenvalue weighted by Gasteiger charge is 2.16. The molecule has 0 saturated carbocycles. The van der Waals surface area contributed by atoms with Crippen LogP contribution in [0.15, 0.2) is 18.2 Å². The number of carbonyl (C=O) groups excluding carboxylic acids is 1. The van der Waals surface area contributed by atoms with Crippen LogP contribution in [0.3, 0.4) is 0 Å². The molecule has 5 heteroatoms. The average Bonchev–Trinajstić information content (AvgIpc) is 2.34. The lowest BCUT2D eigenvalue weighted by Gasteiger charge is -2.23. The number of halogens is 1. The smallest absolute Gasteiger partial charge is 0.410 e. The van der Waals surface area contributed by atoms with Crippen molar-refractivity contribution in [3.63, 3.8) is 0 Å². The fraction of sp³-hybridized carbons (Fsp3) is 0.462.